The van der Waals surface area contributed by atoms with E-state index in [2.05, 4.69) is 10.5 Å². The van der Waals surface area contributed by atoms with E-state index >= 15 is 0 Å². The summed E-state index contributed by atoms with van der Waals surface area (Å²) in [4.78, 5) is 19.9. The fourth-order valence-corrected chi connectivity index (χ4v) is 4.08. The molecule has 0 saturated carbocycles. The summed E-state index contributed by atoms with van der Waals surface area (Å²) in [6.45, 7) is 0.796. The molecule has 1 spiro atoms. The second-order valence-electron chi connectivity index (χ2n) is 7.61. The van der Waals surface area contributed by atoms with Crippen LogP contribution >= 0.6 is 23.2 Å². The van der Waals surface area contributed by atoms with E-state index in [1.54, 1.807) is 17.0 Å². The van der Waals surface area contributed by atoms with Crippen molar-refractivity contribution >= 4 is 40.6 Å². The zero-order valence-corrected chi connectivity index (χ0v) is 17.7. The summed E-state index contributed by atoms with van der Waals surface area (Å²) in [6, 6.07) is 10.2. The first-order valence-corrected chi connectivity index (χ1v) is 10.3. The Labute approximate surface area is 186 Å². The number of carbonyl (C=O) groups is 1. The lowest BCUT2D eigenvalue weighted by Crippen LogP contribution is -2.48. The largest absolute Gasteiger partial charge is 0.417 e. The summed E-state index contributed by atoms with van der Waals surface area (Å²) in [5.41, 5.74) is 0.332. The zero-order valence-electron chi connectivity index (χ0n) is 16.2. The van der Waals surface area contributed by atoms with Crippen LogP contribution in [-0.4, -0.2) is 35.3 Å². The van der Waals surface area contributed by atoms with Gasteiger partial charge >= 0.3 is 12.2 Å². The van der Waals surface area contributed by atoms with Gasteiger partial charge in [-0.3, -0.25) is 0 Å². The van der Waals surface area contributed by atoms with Gasteiger partial charge < -0.3 is 15.1 Å². The Balaban J connectivity index is 1.35. The average Bonchev–Trinajstić information content (AvgIpc) is 3.13. The van der Waals surface area contributed by atoms with Gasteiger partial charge in [0.05, 0.1) is 16.3 Å². The minimum Gasteiger partial charge on any atom is -0.388 e. The van der Waals surface area contributed by atoms with Crippen molar-refractivity contribution in [2.45, 2.75) is 31.0 Å². The van der Waals surface area contributed by atoms with Crippen LogP contribution in [0.5, 0.6) is 0 Å². The number of carbonyl (C=O) groups excluding carboxylic acids is 1. The van der Waals surface area contributed by atoms with Gasteiger partial charge in [0.2, 0.25) is 0 Å². The van der Waals surface area contributed by atoms with Gasteiger partial charge in [-0.2, -0.15) is 13.2 Å². The highest BCUT2D eigenvalue weighted by atomic mass is 35.5. The van der Waals surface area contributed by atoms with Gasteiger partial charge in [0, 0.05) is 43.1 Å². The molecule has 4 rings (SSSR count). The Kier molecular flexibility index (Phi) is 5.79. The van der Waals surface area contributed by atoms with Crippen molar-refractivity contribution in [3.05, 3.63) is 63.6 Å². The van der Waals surface area contributed by atoms with E-state index in [0.717, 1.165) is 23.4 Å². The number of nitrogens with zero attached hydrogens (tertiary/aromatic N) is 2. The standard InChI is InChI=1S/C21H18Cl2F3N3O2/c22-14-3-1-13(2-4-14)18-12-20(31-28-18)7-9-29(10-8-20)19(30)27-15-5-6-17(23)16(11-15)21(24,25)26/h1-6,11H,7-10,12H2,(H,27,30). The van der Waals surface area contributed by atoms with Crippen molar-refractivity contribution in [2.24, 2.45) is 5.16 Å². The van der Waals surface area contributed by atoms with Crippen LogP contribution in [0.3, 0.4) is 0 Å². The summed E-state index contributed by atoms with van der Waals surface area (Å²) in [5, 5.41) is 6.97. The zero-order chi connectivity index (χ0) is 22.2. The fraction of sp³-hybridized carbons (Fsp3) is 0.333. The summed E-state index contributed by atoms with van der Waals surface area (Å²) < 4.78 is 39.1. The van der Waals surface area contributed by atoms with Gasteiger partial charge in [-0.1, -0.05) is 40.5 Å². The number of oxime groups is 1. The van der Waals surface area contributed by atoms with Crippen molar-refractivity contribution in [2.75, 3.05) is 18.4 Å². The predicted octanol–water partition coefficient (Wildman–Crippen LogP) is 6.20. The summed E-state index contributed by atoms with van der Waals surface area (Å²) in [6.07, 6.45) is -2.85. The molecule has 31 heavy (non-hydrogen) atoms. The number of likely N-dealkylation sites (tertiary alicyclic amines) is 1. The number of benzene rings is 2. The molecule has 10 heteroatoms. The highest BCUT2D eigenvalue weighted by Crippen LogP contribution is 2.38. The van der Waals surface area contributed by atoms with Crippen LogP contribution in [0.15, 0.2) is 47.6 Å². The van der Waals surface area contributed by atoms with E-state index in [1.165, 1.54) is 6.07 Å². The van der Waals surface area contributed by atoms with Gasteiger partial charge in [-0.25, -0.2) is 4.79 Å². The van der Waals surface area contributed by atoms with Crippen LogP contribution in [0.2, 0.25) is 10.0 Å². The molecule has 0 aromatic heterocycles. The molecule has 2 aliphatic rings. The first-order valence-electron chi connectivity index (χ1n) is 9.59. The molecule has 0 unspecified atom stereocenters. The highest BCUT2D eigenvalue weighted by molar-refractivity contribution is 6.31. The maximum Gasteiger partial charge on any atom is 0.417 e. The third-order valence-electron chi connectivity index (χ3n) is 5.50. The van der Waals surface area contributed by atoms with Crippen molar-refractivity contribution < 1.29 is 22.8 Å². The smallest absolute Gasteiger partial charge is 0.388 e. The minimum atomic E-state index is -4.60. The van der Waals surface area contributed by atoms with E-state index in [4.69, 9.17) is 28.0 Å². The number of rotatable bonds is 2. The first kappa shape index (κ1) is 21.8. The molecule has 5 nitrogen and oxygen atoms in total. The number of amides is 2. The number of hydrogen-bond donors (Lipinski definition) is 1. The normalized spacial score (nSPS) is 18.0. The molecule has 1 N–H and O–H groups in total. The number of nitrogens with one attached hydrogen (secondary N) is 1. The Morgan fingerprint density at radius 3 is 2.42 bits per heavy atom. The van der Waals surface area contributed by atoms with Gasteiger partial charge in [0.15, 0.2) is 0 Å². The summed E-state index contributed by atoms with van der Waals surface area (Å²) in [5.74, 6) is 0. The molecule has 2 aromatic carbocycles. The minimum absolute atomic E-state index is 0.0347. The average molecular weight is 472 g/mol. The van der Waals surface area contributed by atoms with E-state index in [-0.39, 0.29) is 5.69 Å². The molecule has 0 radical (unpaired) electrons. The summed E-state index contributed by atoms with van der Waals surface area (Å²) >= 11 is 11.6. The molecule has 1 fully saturated rings. The number of alkyl halides is 3. The molecule has 1 saturated heterocycles. The molecule has 2 aliphatic heterocycles. The predicted molar refractivity (Wildman–Crippen MR) is 113 cm³/mol. The second kappa shape index (κ2) is 8.24. The van der Waals surface area contributed by atoms with Crippen LogP contribution in [0.1, 0.15) is 30.4 Å². The van der Waals surface area contributed by atoms with E-state index in [0.29, 0.717) is 37.4 Å². The SMILES string of the molecule is O=C(Nc1ccc(Cl)c(C(F)(F)F)c1)N1CCC2(CC1)CC(c1ccc(Cl)cc1)=NO2. The van der Waals surface area contributed by atoms with Crippen molar-refractivity contribution in [3.8, 4) is 0 Å². The topological polar surface area (TPSA) is 53.9 Å². The third kappa shape index (κ3) is 4.75. The lowest BCUT2D eigenvalue weighted by atomic mass is 9.85. The second-order valence-corrected chi connectivity index (χ2v) is 8.45. The Morgan fingerprint density at radius 2 is 1.77 bits per heavy atom. The van der Waals surface area contributed by atoms with Gasteiger partial charge in [0.1, 0.15) is 5.60 Å². The maximum absolute atomic E-state index is 13.0. The molecule has 0 atom stereocenters. The Hall–Kier alpha value is -2.45. The van der Waals surface area contributed by atoms with Crippen LogP contribution in [-0.2, 0) is 11.0 Å². The lowest BCUT2D eigenvalue weighted by molar-refractivity contribution is -0.137. The van der Waals surface area contributed by atoms with Gasteiger partial charge in [-0.05, 0) is 35.9 Å². The number of urea groups is 1. The molecular weight excluding hydrogens is 454 g/mol. The van der Waals surface area contributed by atoms with Crippen LogP contribution in [0.25, 0.3) is 0 Å². The molecule has 2 aromatic rings. The Bertz CT molecular complexity index is 1020. The monoisotopic (exact) mass is 471 g/mol. The number of halogens is 5. The molecule has 2 heterocycles. The van der Waals surface area contributed by atoms with E-state index in [9.17, 15) is 18.0 Å². The van der Waals surface area contributed by atoms with Gasteiger partial charge in [-0.15, -0.1) is 0 Å². The molecule has 2 amide bonds. The van der Waals surface area contributed by atoms with Crippen molar-refractivity contribution in [1.82, 2.24) is 4.90 Å². The van der Waals surface area contributed by atoms with Crippen molar-refractivity contribution in [1.29, 1.82) is 0 Å². The lowest BCUT2D eigenvalue weighted by Gasteiger charge is -2.37. The van der Waals surface area contributed by atoms with Crippen molar-refractivity contribution in [3.63, 3.8) is 0 Å². The number of anilines is 1. The quantitative estimate of drug-likeness (QED) is 0.566. The van der Waals surface area contributed by atoms with E-state index in [1.807, 2.05) is 12.1 Å². The first-order chi connectivity index (χ1) is 14.7. The maximum atomic E-state index is 13.0. The summed E-state index contributed by atoms with van der Waals surface area (Å²) in [7, 11) is 0. The fourth-order valence-electron chi connectivity index (χ4n) is 3.73. The van der Waals surface area contributed by atoms with Gasteiger partial charge in [0.25, 0.3) is 0 Å². The highest BCUT2D eigenvalue weighted by Gasteiger charge is 2.43. The number of hydrogen-bond acceptors (Lipinski definition) is 3. The molecule has 0 bridgehead atoms. The molecule has 164 valence electrons. The van der Waals surface area contributed by atoms with Crippen LogP contribution in [0, 0.1) is 0 Å². The third-order valence-corrected chi connectivity index (χ3v) is 6.08. The number of piperidine rings is 1. The molecular formula is C21H18Cl2F3N3O2. The van der Waals surface area contributed by atoms with Crippen LogP contribution < -0.4 is 5.32 Å². The van der Waals surface area contributed by atoms with Crippen LogP contribution in [0.4, 0.5) is 23.7 Å². The molecule has 0 aliphatic carbocycles. The van der Waals surface area contributed by atoms with E-state index < -0.39 is 28.4 Å². The Morgan fingerprint density at radius 1 is 1.10 bits per heavy atom.